The van der Waals surface area contributed by atoms with Crippen LogP contribution >= 0.6 is 11.6 Å². The predicted molar refractivity (Wildman–Crippen MR) is 83.7 cm³/mol. The summed E-state index contributed by atoms with van der Waals surface area (Å²) in [4.78, 5) is 0. The van der Waals surface area contributed by atoms with Crippen LogP contribution in [0.2, 0.25) is 5.02 Å². The van der Waals surface area contributed by atoms with Gasteiger partial charge in [-0.25, -0.2) is 4.39 Å². The highest BCUT2D eigenvalue weighted by molar-refractivity contribution is 6.31. The maximum absolute atomic E-state index is 13.5. The minimum atomic E-state index is -0.311. The summed E-state index contributed by atoms with van der Waals surface area (Å²) in [6.07, 6.45) is 7.32. The molecule has 3 heteroatoms. The first kappa shape index (κ1) is 15.8. The molecule has 112 valence electrons. The van der Waals surface area contributed by atoms with Gasteiger partial charge in [-0.2, -0.15) is 0 Å². The quantitative estimate of drug-likeness (QED) is 0.821. The topological polar surface area (TPSA) is 12.0 Å². The van der Waals surface area contributed by atoms with E-state index in [1.807, 2.05) is 13.1 Å². The van der Waals surface area contributed by atoms with Gasteiger partial charge in [0.05, 0.1) is 5.02 Å². The average molecular weight is 298 g/mol. The Morgan fingerprint density at radius 3 is 2.60 bits per heavy atom. The Bertz CT molecular complexity index is 427. The molecule has 0 aliphatic heterocycles. The number of rotatable bonds is 5. The molecule has 0 saturated heterocycles. The highest BCUT2D eigenvalue weighted by atomic mass is 35.5. The molecule has 2 rings (SSSR count). The standard InChI is InChI=1S/C17H25ClFN/c1-3-12-7-9-13(10-8-12)16(20-2)11-14-5-4-6-15(19)17(14)18/h4-6,12-13,16,20H,3,7-11H2,1-2H3. The molecule has 1 N–H and O–H groups in total. The first-order chi connectivity index (χ1) is 9.65. The smallest absolute Gasteiger partial charge is 0.142 e. The molecule has 0 aromatic heterocycles. The Morgan fingerprint density at radius 2 is 2.00 bits per heavy atom. The minimum absolute atomic E-state index is 0.287. The van der Waals surface area contributed by atoms with Crippen molar-refractivity contribution in [3.63, 3.8) is 0 Å². The highest BCUT2D eigenvalue weighted by Crippen LogP contribution is 2.34. The van der Waals surface area contributed by atoms with E-state index in [2.05, 4.69) is 12.2 Å². The van der Waals surface area contributed by atoms with Gasteiger partial charge < -0.3 is 5.32 Å². The second-order valence-electron chi connectivity index (χ2n) is 6.00. The third kappa shape index (κ3) is 3.73. The lowest BCUT2D eigenvalue weighted by Gasteiger charge is -2.33. The van der Waals surface area contributed by atoms with Gasteiger partial charge in [-0.15, -0.1) is 0 Å². The second kappa shape index (κ2) is 7.42. The third-order valence-electron chi connectivity index (χ3n) is 4.88. The zero-order valence-corrected chi connectivity index (χ0v) is 13.2. The lowest BCUT2D eigenvalue weighted by molar-refractivity contribution is 0.222. The number of halogens is 2. The van der Waals surface area contributed by atoms with E-state index in [0.29, 0.717) is 12.0 Å². The molecule has 0 radical (unpaired) electrons. The van der Waals surface area contributed by atoms with E-state index in [1.165, 1.54) is 38.2 Å². The molecule has 1 nitrogen and oxygen atoms in total. The lowest BCUT2D eigenvalue weighted by atomic mass is 9.76. The summed E-state index contributed by atoms with van der Waals surface area (Å²) in [5.41, 5.74) is 0.920. The van der Waals surface area contributed by atoms with Gasteiger partial charge in [0.25, 0.3) is 0 Å². The van der Waals surface area contributed by atoms with E-state index >= 15 is 0 Å². The Balaban J connectivity index is 2.00. The van der Waals surface area contributed by atoms with Crippen LogP contribution in [0.5, 0.6) is 0 Å². The molecule has 1 fully saturated rings. The molecule has 1 aliphatic carbocycles. The molecule has 0 amide bonds. The van der Waals surface area contributed by atoms with Crippen molar-refractivity contribution in [3.8, 4) is 0 Å². The minimum Gasteiger partial charge on any atom is -0.316 e. The molecule has 1 aromatic carbocycles. The predicted octanol–water partition coefficient (Wildman–Crippen LogP) is 4.83. The fourth-order valence-corrected chi connectivity index (χ4v) is 3.65. The highest BCUT2D eigenvalue weighted by Gasteiger charge is 2.26. The van der Waals surface area contributed by atoms with E-state index in [1.54, 1.807) is 6.07 Å². The van der Waals surface area contributed by atoms with Crippen molar-refractivity contribution in [2.75, 3.05) is 7.05 Å². The molecule has 1 aromatic rings. The van der Waals surface area contributed by atoms with Crippen molar-refractivity contribution >= 4 is 11.6 Å². The van der Waals surface area contributed by atoms with E-state index in [4.69, 9.17) is 11.6 Å². The van der Waals surface area contributed by atoms with Crippen LogP contribution in [0.25, 0.3) is 0 Å². The summed E-state index contributed by atoms with van der Waals surface area (Å²) >= 11 is 6.08. The number of benzene rings is 1. The summed E-state index contributed by atoms with van der Waals surface area (Å²) in [6.45, 7) is 2.28. The summed E-state index contributed by atoms with van der Waals surface area (Å²) in [7, 11) is 2.00. The largest absolute Gasteiger partial charge is 0.316 e. The molecule has 1 aliphatic rings. The monoisotopic (exact) mass is 297 g/mol. The maximum Gasteiger partial charge on any atom is 0.142 e. The molecule has 1 atom stereocenters. The van der Waals surface area contributed by atoms with Crippen molar-refractivity contribution in [2.45, 2.75) is 51.5 Å². The molecule has 1 unspecified atom stereocenters. The molecular formula is C17H25ClFN. The molecule has 0 heterocycles. The van der Waals surface area contributed by atoms with Gasteiger partial charge in [-0.1, -0.05) is 49.9 Å². The van der Waals surface area contributed by atoms with Crippen molar-refractivity contribution < 1.29 is 4.39 Å². The van der Waals surface area contributed by atoms with Crippen LogP contribution in [0.3, 0.4) is 0 Å². The zero-order valence-electron chi connectivity index (χ0n) is 12.5. The van der Waals surface area contributed by atoms with Crippen LogP contribution in [0.1, 0.15) is 44.6 Å². The van der Waals surface area contributed by atoms with E-state index < -0.39 is 0 Å². The van der Waals surface area contributed by atoms with Crippen LogP contribution in [0.15, 0.2) is 18.2 Å². The molecule has 0 bridgehead atoms. The van der Waals surface area contributed by atoms with Gasteiger partial charge in [-0.3, -0.25) is 0 Å². The van der Waals surface area contributed by atoms with E-state index in [-0.39, 0.29) is 10.8 Å². The second-order valence-corrected chi connectivity index (χ2v) is 6.38. The number of hydrogen-bond donors (Lipinski definition) is 1. The van der Waals surface area contributed by atoms with Gasteiger partial charge in [0, 0.05) is 6.04 Å². The fraction of sp³-hybridized carbons (Fsp3) is 0.647. The lowest BCUT2D eigenvalue weighted by Crippen LogP contribution is -2.37. The SMILES string of the molecule is CCC1CCC(C(Cc2cccc(F)c2Cl)NC)CC1. The van der Waals surface area contributed by atoms with Crippen molar-refractivity contribution in [2.24, 2.45) is 11.8 Å². The molecule has 0 spiro atoms. The van der Waals surface area contributed by atoms with Gasteiger partial charge >= 0.3 is 0 Å². The summed E-state index contributed by atoms with van der Waals surface area (Å²) in [5, 5.41) is 3.71. The number of nitrogens with one attached hydrogen (secondary N) is 1. The first-order valence-electron chi connectivity index (χ1n) is 7.75. The molecular weight excluding hydrogens is 273 g/mol. The Morgan fingerprint density at radius 1 is 1.30 bits per heavy atom. The van der Waals surface area contributed by atoms with Crippen molar-refractivity contribution in [3.05, 3.63) is 34.6 Å². The van der Waals surface area contributed by atoms with Crippen LogP contribution in [0, 0.1) is 17.7 Å². The van der Waals surface area contributed by atoms with Gasteiger partial charge in [0.15, 0.2) is 0 Å². The van der Waals surface area contributed by atoms with Crippen LogP contribution in [-0.2, 0) is 6.42 Å². The summed E-state index contributed by atoms with van der Waals surface area (Å²) in [6, 6.07) is 5.50. The van der Waals surface area contributed by atoms with Gasteiger partial charge in [-0.05, 0) is 49.8 Å². The summed E-state index contributed by atoms with van der Waals surface area (Å²) < 4.78 is 13.5. The average Bonchev–Trinajstić information content (AvgIpc) is 2.49. The van der Waals surface area contributed by atoms with E-state index in [9.17, 15) is 4.39 Å². The Hall–Kier alpha value is -0.600. The molecule has 1 saturated carbocycles. The third-order valence-corrected chi connectivity index (χ3v) is 5.30. The Kier molecular flexibility index (Phi) is 5.86. The molecule has 20 heavy (non-hydrogen) atoms. The van der Waals surface area contributed by atoms with Gasteiger partial charge in [0.1, 0.15) is 5.82 Å². The van der Waals surface area contributed by atoms with Crippen LogP contribution < -0.4 is 5.32 Å². The fourth-order valence-electron chi connectivity index (χ4n) is 3.45. The van der Waals surface area contributed by atoms with Crippen molar-refractivity contribution in [1.29, 1.82) is 0 Å². The summed E-state index contributed by atoms with van der Waals surface area (Å²) in [5.74, 6) is 1.28. The Labute approximate surface area is 126 Å². The van der Waals surface area contributed by atoms with E-state index in [0.717, 1.165) is 17.9 Å². The van der Waals surface area contributed by atoms with Crippen molar-refractivity contribution in [1.82, 2.24) is 5.32 Å². The van der Waals surface area contributed by atoms with Gasteiger partial charge in [0.2, 0.25) is 0 Å². The van der Waals surface area contributed by atoms with Crippen LogP contribution in [-0.4, -0.2) is 13.1 Å². The maximum atomic E-state index is 13.5. The zero-order chi connectivity index (χ0) is 14.5. The number of hydrogen-bond acceptors (Lipinski definition) is 1. The first-order valence-corrected chi connectivity index (χ1v) is 8.13. The number of likely N-dealkylation sites (N-methyl/N-ethyl adjacent to an activating group) is 1. The normalized spacial score (nSPS) is 24.6. The van der Waals surface area contributed by atoms with Crippen LogP contribution in [0.4, 0.5) is 4.39 Å².